The number of non-ortho nitro benzene ring substituents is 1. The van der Waals surface area contributed by atoms with E-state index in [1.807, 2.05) is 0 Å². The third-order valence-electron chi connectivity index (χ3n) is 3.49. The lowest BCUT2D eigenvalue weighted by molar-refractivity contribution is -0.384. The summed E-state index contributed by atoms with van der Waals surface area (Å²) < 4.78 is 24.2. The normalized spacial score (nSPS) is 11.8. The molecule has 0 aliphatic carbocycles. The Morgan fingerprint density at radius 2 is 1.88 bits per heavy atom. The van der Waals surface area contributed by atoms with Crippen LogP contribution in [0, 0.1) is 15.9 Å². The predicted molar refractivity (Wildman–Crippen MR) is 86.6 cm³/mol. The van der Waals surface area contributed by atoms with E-state index in [-0.39, 0.29) is 23.0 Å². The Morgan fingerprint density at radius 3 is 2.54 bits per heavy atom. The monoisotopic (exact) mass is 357 g/mol. The maximum Gasteiger partial charge on any atom is 0.341 e. The number of benzene rings is 2. The Labute approximate surface area is 146 Å². The van der Waals surface area contributed by atoms with Crippen LogP contribution in [-0.2, 0) is 4.74 Å². The van der Waals surface area contributed by atoms with E-state index < -0.39 is 22.8 Å². The molecule has 3 aromatic rings. The zero-order chi connectivity index (χ0) is 18.7. The van der Waals surface area contributed by atoms with E-state index in [2.05, 4.69) is 10.2 Å². The van der Waals surface area contributed by atoms with Gasteiger partial charge in [-0.3, -0.25) is 10.1 Å². The van der Waals surface area contributed by atoms with Crippen molar-refractivity contribution < 1.29 is 23.3 Å². The summed E-state index contributed by atoms with van der Waals surface area (Å²) in [5.41, 5.74) is 0.206. The van der Waals surface area contributed by atoms with Gasteiger partial charge in [-0.1, -0.05) is 12.1 Å². The van der Waals surface area contributed by atoms with Gasteiger partial charge in [0, 0.05) is 17.7 Å². The number of ether oxygens (including phenoxy) is 1. The molecule has 1 aromatic heterocycles. The molecule has 0 saturated carbocycles. The Morgan fingerprint density at radius 1 is 1.19 bits per heavy atom. The molecule has 3 rings (SSSR count). The SMILES string of the molecule is C[C@H](OC(=O)c1ccccc1F)c1nnc(-c2ccc([N+](=O)[O-])cc2)o1. The fourth-order valence-electron chi connectivity index (χ4n) is 2.14. The van der Waals surface area contributed by atoms with Crippen LogP contribution in [0.5, 0.6) is 0 Å². The lowest BCUT2D eigenvalue weighted by atomic mass is 10.2. The number of nitrogens with zero attached hydrogens (tertiary/aromatic N) is 3. The number of hydrogen-bond donors (Lipinski definition) is 0. The molecule has 0 spiro atoms. The molecular formula is C17H12FN3O5. The minimum absolute atomic E-state index is 0.0167. The number of carbonyl (C=O) groups is 1. The van der Waals surface area contributed by atoms with Crippen LogP contribution in [0.3, 0.4) is 0 Å². The van der Waals surface area contributed by atoms with Gasteiger partial charge in [0.25, 0.3) is 11.6 Å². The van der Waals surface area contributed by atoms with Crippen molar-refractivity contribution in [1.82, 2.24) is 10.2 Å². The zero-order valence-electron chi connectivity index (χ0n) is 13.5. The van der Waals surface area contributed by atoms with Crippen molar-refractivity contribution in [3.8, 4) is 11.5 Å². The summed E-state index contributed by atoms with van der Waals surface area (Å²) in [7, 11) is 0. The third-order valence-corrected chi connectivity index (χ3v) is 3.49. The van der Waals surface area contributed by atoms with Crippen LogP contribution in [0.4, 0.5) is 10.1 Å². The van der Waals surface area contributed by atoms with E-state index in [9.17, 15) is 19.3 Å². The maximum atomic E-state index is 13.6. The summed E-state index contributed by atoms with van der Waals surface area (Å²) >= 11 is 0. The number of carbonyl (C=O) groups excluding carboxylic acids is 1. The molecule has 26 heavy (non-hydrogen) atoms. The van der Waals surface area contributed by atoms with Crippen molar-refractivity contribution in [3.63, 3.8) is 0 Å². The van der Waals surface area contributed by atoms with E-state index in [0.717, 1.165) is 6.07 Å². The minimum Gasteiger partial charge on any atom is -0.449 e. The quantitative estimate of drug-likeness (QED) is 0.389. The Kier molecular flexibility index (Phi) is 4.70. The van der Waals surface area contributed by atoms with Crippen LogP contribution < -0.4 is 0 Å². The largest absolute Gasteiger partial charge is 0.449 e. The summed E-state index contributed by atoms with van der Waals surface area (Å²) in [6.07, 6.45) is -0.901. The van der Waals surface area contributed by atoms with Crippen LogP contribution in [0.2, 0.25) is 0 Å². The standard InChI is InChI=1S/C17H12FN3O5/c1-10(25-17(22)13-4-2-3-5-14(13)18)15-19-20-16(26-15)11-6-8-12(9-7-11)21(23)24/h2-10H,1H3/t10-/m0/s1. The number of nitro benzene ring substituents is 1. The van der Waals surface area contributed by atoms with Crippen molar-refractivity contribution in [1.29, 1.82) is 0 Å². The Balaban J connectivity index is 1.73. The molecule has 0 aliphatic heterocycles. The molecule has 0 bridgehead atoms. The summed E-state index contributed by atoms with van der Waals surface area (Å²) in [4.78, 5) is 22.2. The van der Waals surface area contributed by atoms with Crippen molar-refractivity contribution >= 4 is 11.7 Å². The highest BCUT2D eigenvalue weighted by Gasteiger charge is 2.21. The first-order valence-electron chi connectivity index (χ1n) is 7.49. The molecule has 0 fully saturated rings. The lowest BCUT2D eigenvalue weighted by Crippen LogP contribution is -2.11. The van der Waals surface area contributed by atoms with Gasteiger partial charge >= 0.3 is 5.97 Å². The molecule has 1 atom stereocenters. The van der Waals surface area contributed by atoms with Gasteiger partial charge in [-0.2, -0.15) is 0 Å². The van der Waals surface area contributed by atoms with Gasteiger partial charge in [0.2, 0.25) is 5.89 Å². The summed E-state index contributed by atoms with van der Waals surface area (Å²) in [5, 5.41) is 18.3. The van der Waals surface area contributed by atoms with Crippen LogP contribution in [0.15, 0.2) is 52.9 Å². The topological polar surface area (TPSA) is 108 Å². The molecule has 0 amide bonds. The van der Waals surface area contributed by atoms with Gasteiger partial charge < -0.3 is 9.15 Å². The van der Waals surface area contributed by atoms with Crippen LogP contribution >= 0.6 is 0 Å². The third kappa shape index (κ3) is 3.56. The highest BCUT2D eigenvalue weighted by molar-refractivity contribution is 5.89. The van der Waals surface area contributed by atoms with Crippen LogP contribution in [0.1, 0.15) is 29.3 Å². The molecule has 1 heterocycles. The smallest absolute Gasteiger partial charge is 0.341 e. The maximum absolute atomic E-state index is 13.6. The Hall–Kier alpha value is -3.62. The van der Waals surface area contributed by atoms with Gasteiger partial charge in [-0.05, 0) is 31.2 Å². The van der Waals surface area contributed by atoms with Crippen LogP contribution in [-0.4, -0.2) is 21.1 Å². The molecule has 132 valence electrons. The van der Waals surface area contributed by atoms with E-state index >= 15 is 0 Å². The van der Waals surface area contributed by atoms with E-state index in [1.165, 1.54) is 49.4 Å². The molecule has 0 unspecified atom stereocenters. The van der Waals surface area contributed by atoms with Gasteiger partial charge in [0.1, 0.15) is 5.82 Å². The van der Waals surface area contributed by atoms with Gasteiger partial charge in [-0.25, -0.2) is 9.18 Å². The summed E-state index contributed by atoms with van der Waals surface area (Å²) in [6, 6.07) is 11.0. The zero-order valence-corrected chi connectivity index (χ0v) is 13.5. The van der Waals surface area contributed by atoms with E-state index in [4.69, 9.17) is 9.15 Å². The van der Waals surface area contributed by atoms with Crippen molar-refractivity contribution in [2.45, 2.75) is 13.0 Å². The summed E-state index contributed by atoms with van der Waals surface area (Å²) in [6.45, 7) is 1.51. The molecule has 8 nitrogen and oxygen atoms in total. The van der Waals surface area contributed by atoms with E-state index in [0.29, 0.717) is 5.56 Å². The second kappa shape index (κ2) is 7.09. The average molecular weight is 357 g/mol. The first-order valence-corrected chi connectivity index (χ1v) is 7.49. The highest BCUT2D eigenvalue weighted by Crippen LogP contribution is 2.25. The number of hydrogen-bond acceptors (Lipinski definition) is 7. The number of esters is 1. The number of rotatable bonds is 5. The average Bonchev–Trinajstić information content (AvgIpc) is 3.12. The molecule has 0 saturated heterocycles. The molecule has 9 heteroatoms. The fraction of sp³-hybridized carbons (Fsp3) is 0.118. The predicted octanol–water partition coefficient (Wildman–Crippen LogP) is 3.70. The minimum atomic E-state index is -0.901. The van der Waals surface area contributed by atoms with Crippen LogP contribution in [0.25, 0.3) is 11.5 Å². The first kappa shape index (κ1) is 17.2. The molecular weight excluding hydrogens is 345 g/mol. The van der Waals surface area contributed by atoms with Crippen molar-refractivity contribution in [3.05, 3.63) is 75.9 Å². The fourth-order valence-corrected chi connectivity index (χ4v) is 2.14. The van der Waals surface area contributed by atoms with Gasteiger partial charge in [0.05, 0.1) is 10.5 Å². The highest BCUT2D eigenvalue weighted by atomic mass is 19.1. The van der Waals surface area contributed by atoms with E-state index in [1.54, 1.807) is 0 Å². The first-order chi connectivity index (χ1) is 12.5. The van der Waals surface area contributed by atoms with Gasteiger partial charge in [-0.15, -0.1) is 10.2 Å². The second-order valence-electron chi connectivity index (χ2n) is 5.28. The number of aromatic nitrogens is 2. The lowest BCUT2D eigenvalue weighted by Gasteiger charge is -2.09. The molecule has 0 N–H and O–H groups in total. The molecule has 0 radical (unpaired) electrons. The van der Waals surface area contributed by atoms with Gasteiger partial charge in [0.15, 0.2) is 6.10 Å². The Bertz CT molecular complexity index is 955. The van der Waals surface area contributed by atoms with Crippen molar-refractivity contribution in [2.24, 2.45) is 0 Å². The second-order valence-corrected chi connectivity index (χ2v) is 5.28. The molecule has 0 aliphatic rings. The number of halogens is 1. The molecule has 2 aromatic carbocycles. The van der Waals surface area contributed by atoms with Crippen molar-refractivity contribution in [2.75, 3.05) is 0 Å². The number of nitro groups is 1. The summed E-state index contributed by atoms with van der Waals surface area (Å²) in [5.74, 6) is -1.42.